The molecule has 1 heterocycles. The molecule has 0 spiro atoms. The number of nitro benzene ring substituents is 1. The van der Waals surface area contributed by atoms with Gasteiger partial charge >= 0.3 is 0 Å². The van der Waals surface area contributed by atoms with Gasteiger partial charge in [0.25, 0.3) is 5.69 Å². The summed E-state index contributed by atoms with van der Waals surface area (Å²) in [7, 11) is 0. The molecular formula is C28H34N4O2. The van der Waals surface area contributed by atoms with Crippen molar-refractivity contribution in [2.45, 2.75) is 32.2 Å². The molecule has 0 unspecified atom stereocenters. The number of hydrogen-bond acceptors (Lipinski definition) is 5. The highest BCUT2D eigenvalue weighted by Gasteiger charge is 2.22. The van der Waals surface area contributed by atoms with E-state index in [4.69, 9.17) is 0 Å². The van der Waals surface area contributed by atoms with Gasteiger partial charge in [0.05, 0.1) is 11.0 Å². The van der Waals surface area contributed by atoms with Gasteiger partial charge in [-0.1, -0.05) is 74.0 Å². The largest absolute Gasteiger partial charge is 0.370 e. The van der Waals surface area contributed by atoms with E-state index in [2.05, 4.69) is 46.3 Å². The first kappa shape index (κ1) is 23.8. The van der Waals surface area contributed by atoms with Crippen molar-refractivity contribution in [2.75, 3.05) is 42.9 Å². The number of nitro groups is 1. The molecule has 6 heteroatoms. The summed E-state index contributed by atoms with van der Waals surface area (Å²) in [4.78, 5) is 16.5. The number of hydrogen-bond donors (Lipinski definition) is 1. The summed E-state index contributed by atoms with van der Waals surface area (Å²) in [6.45, 7) is 7.40. The van der Waals surface area contributed by atoms with Crippen LogP contribution in [0.25, 0.3) is 0 Å². The molecule has 1 fully saturated rings. The summed E-state index contributed by atoms with van der Waals surface area (Å²) in [5.41, 5.74) is 3.81. The standard InChI is InChI=1S/C28H34N4O2/c1-2-3-17-30-18-10-19-31(21-20-30)25-15-16-27(32(33)34)26(22-25)29-28(23-11-6-4-7-12-23)24-13-8-5-9-14-24/h4-9,11-16,22,28-29H,2-3,10,17-21H2,1H3. The molecule has 0 radical (unpaired) electrons. The van der Waals surface area contributed by atoms with Crippen molar-refractivity contribution in [1.82, 2.24) is 4.90 Å². The molecule has 0 bridgehead atoms. The predicted octanol–water partition coefficient (Wildman–Crippen LogP) is 6.11. The minimum absolute atomic E-state index is 0.0972. The van der Waals surface area contributed by atoms with E-state index in [0.29, 0.717) is 5.69 Å². The van der Waals surface area contributed by atoms with Crippen LogP contribution in [0.1, 0.15) is 43.4 Å². The molecule has 1 N–H and O–H groups in total. The summed E-state index contributed by atoms with van der Waals surface area (Å²) in [5.74, 6) is 0. The lowest BCUT2D eigenvalue weighted by Crippen LogP contribution is -2.31. The first-order valence-electron chi connectivity index (χ1n) is 12.3. The van der Waals surface area contributed by atoms with Crippen LogP contribution in [0.15, 0.2) is 78.9 Å². The smallest absolute Gasteiger partial charge is 0.292 e. The predicted molar refractivity (Wildman–Crippen MR) is 140 cm³/mol. The van der Waals surface area contributed by atoms with Crippen LogP contribution in [0.3, 0.4) is 0 Å². The second kappa shape index (κ2) is 11.7. The molecule has 1 saturated heterocycles. The lowest BCUT2D eigenvalue weighted by molar-refractivity contribution is -0.384. The van der Waals surface area contributed by atoms with Crippen LogP contribution < -0.4 is 10.2 Å². The molecule has 1 aliphatic heterocycles. The third-order valence-electron chi connectivity index (χ3n) is 6.52. The number of nitrogens with zero attached hydrogens (tertiary/aromatic N) is 3. The molecular weight excluding hydrogens is 424 g/mol. The molecule has 0 atom stereocenters. The van der Waals surface area contributed by atoms with E-state index < -0.39 is 0 Å². The third kappa shape index (κ3) is 5.94. The number of anilines is 2. The Labute approximate surface area is 202 Å². The Morgan fingerprint density at radius 3 is 2.21 bits per heavy atom. The highest BCUT2D eigenvalue weighted by atomic mass is 16.6. The first-order valence-corrected chi connectivity index (χ1v) is 12.3. The lowest BCUT2D eigenvalue weighted by Gasteiger charge is -2.25. The Morgan fingerprint density at radius 1 is 0.912 bits per heavy atom. The number of nitrogens with one attached hydrogen (secondary N) is 1. The number of rotatable bonds is 9. The summed E-state index contributed by atoms with van der Waals surface area (Å²) in [6.07, 6.45) is 3.54. The molecule has 6 nitrogen and oxygen atoms in total. The summed E-state index contributed by atoms with van der Waals surface area (Å²) >= 11 is 0. The molecule has 3 aromatic carbocycles. The molecule has 1 aliphatic rings. The van der Waals surface area contributed by atoms with E-state index in [0.717, 1.165) is 56.0 Å². The fraction of sp³-hybridized carbons (Fsp3) is 0.357. The first-order chi connectivity index (χ1) is 16.7. The Morgan fingerprint density at radius 2 is 1.59 bits per heavy atom. The Balaban J connectivity index is 1.62. The molecule has 0 amide bonds. The highest BCUT2D eigenvalue weighted by molar-refractivity contribution is 5.70. The van der Waals surface area contributed by atoms with Gasteiger partial charge in [0.2, 0.25) is 0 Å². The van der Waals surface area contributed by atoms with E-state index >= 15 is 0 Å². The van der Waals surface area contributed by atoms with Crippen LogP contribution in [0.2, 0.25) is 0 Å². The van der Waals surface area contributed by atoms with Gasteiger partial charge in [0.15, 0.2) is 0 Å². The van der Waals surface area contributed by atoms with Crippen LogP contribution >= 0.6 is 0 Å². The lowest BCUT2D eigenvalue weighted by atomic mass is 9.98. The molecule has 34 heavy (non-hydrogen) atoms. The zero-order chi connectivity index (χ0) is 23.8. The van der Waals surface area contributed by atoms with Gasteiger partial charge in [-0.15, -0.1) is 0 Å². The van der Waals surface area contributed by atoms with Gasteiger partial charge in [-0.2, -0.15) is 0 Å². The number of benzene rings is 3. The number of unbranched alkanes of at least 4 members (excludes halogenated alkanes) is 1. The Bertz CT molecular complexity index is 1020. The van der Waals surface area contributed by atoms with Crippen molar-refractivity contribution < 1.29 is 4.92 Å². The monoisotopic (exact) mass is 458 g/mol. The fourth-order valence-electron chi connectivity index (χ4n) is 4.64. The summed E-state index contributed by atoms with van der Waals surface area (Å²) in [6, 6.07) is 25.5. The van der Waals surface area contributed by atoms with Crippen molar-refractivity contribution >= 4 is 17.1 Å². The minimum Gasteiger partial charge on any atom is -0.370 e. The molecule has 3 aromatic rings. The van der Waals surface area contributed by atoms with E-state index in [1.165, 1.54) is 12.8 Å². The Kier molecular flexibility index (Phi) is 8.15. The highest BCUT2D eigenvalue weighted by Crippen LogP contribution is 2.35. The minimum atomic E-state index is -0.298. The van der Waals surface area contributed by atoms with Crippen LogP contribution in [-0.2, 0) is 0 Å². The van der Waals surface area contributed by atoms with Crippen molar-refractivity contribution in [3.05, 3.63) is 100 Å². The second-order valence-electron chi connectivity index (χ2n) is 8.89. The van der Waals surface area contributed by atoms with Crippen molar-refractivity contribution in [1.29, 1.82) is 0 Å². The van der Waals surface area contributed by atoms with Gasteiger partial charge in [-0.05, 0) is 49.2 Å². The van der Waals surface area contributed by atoms with E-state index in [1.807, 2.05) is 48.5 Å². The van der Waals surface area contributed by atoms with Crippen molar-refractivity contribution in [2.24, 2.45) is 0 Å². The maximum Gasteiger partial charge on any atom is 0.292 e. The van der Waals surface area contributed by atoms with Crippen LogP contribution in [0.4, 0.5) is 17.1 Å². The normalized spacial score (nSPS) is 14.7. The molecule has 4 rings (SSSR count). The molecule has 0 saturated carbocycles. The van der Waals surface area contributed by atoms with Crippen LogP contribution in [-0.4, -0.2) is 42.5 Å². The average Bonchev–Trinajstić information content (AvgIpc) is 3.12. The zero-order valence-electron chi connectivity index (χ0n) is 19.9. The third-order valence-corrected chi connectivity index (χ3v) is 6.52. The summed E-state index contributed by atoms with van der Waals surface area (Å²) in [5, 5.41) is 15.4. The van der Waals surface area contributed by atoms with E-state index in [9.17, 15) is 10.1 Å². The van der Waals surface area contributed by atoms with Crippen molar-refractivity contribution in [3.8, 4) is 0 Å². The Hall–Kier alpha value is -3.38. The molecule has 0 aromatic heterocycles. The summed E-state index contributed by atoms with van der Waals surface area (Å²) < 4.78 is 0. The molecule has 178 valence electrons. The maximum atomic E-state index is 11.9. The topological polar surface area (TPSA) is 61.7 Å². The SMILES string of the molecule is CCCCN1CCCN(c2ccc([N+](=O)[O-])c(NC(c3ccccc3)c3ccccc3)c2)CC1. The van der Waals surface area contributed by atoms with Gasteiger partial charge in [0, 0.05) is 31.4 Å². The zero-order valence-corrected chi connectivity index (χ0v) is 19.9. The fourth-order valence-corrected chi connectivity index (χ4v) is 4.64. The quantitative estimate of drug-likeness (QED) is 0.310. The maximum absolute atomic E-state index is 11.9. The molecule has 0 aliphatic carbocycles. The van der Waals surface area contributed by atoms with Gasteiger partial charge < -0.3 is 15.1 Å². The van der Waals surface area contributed by atoms with Gasteiger partial charge in [-0.25, -0.2) is 0 Å². The average molecular weight is 459 g/mol. The second-order valence-corrected chi connectivity index (χ2v) is 8.89. The van der Waals surface area contributed by atoms with Gasteiger partial charge in [-0.3, -0.25) is 10.1 Å². The van der Waals surface area contributed by atoms with E-state index in [-0.39, 0.29) is 16.7 Å². The van der Waals surface area contributed by atoms with E-state index in [1.54, 1.807) is 6.07 Å². The van der Waals surface area contributed by atoms with Gasteiger partial charge in [0.1, 0.15) is 5.69 Å². The van der Waals surface area contributed by atoms with Crippen LogP contribution in [0, 0.1) is 10.1 Å². The van der Waals surface area contributed by atoms with Crippen LogP contribution in [0.5, 0.6) is 0 Å². The van der Waals surface area contributed by atoms with Crippen molar-refractivity contribution in [3.63, 3.8) is 0 Å².